The van der Waals surface area contributed by atoms with Crippen molar-refractivity contribution < 1.29 is 22.3 Å². The fourth-order valence-corrected chi connectivity index (χ4v) is 6.20. The molecule has 1 aromatic carbocycles. The predicted octanol–water partition coefficient (Wildman–Crippen LogP) is 3.90. The van der Waals surface area contributed by atoms with E-state index in [1.165, 1.54) is 38.2 Å². The second-order valence-electron chi connectivity index (χ2n) is 8.65. The third-order valence-electron chi connectivity index (χ3n) is 6.61. The molecule has 0 radical (unpaired) electrons. The van der Waals surface area contributed by atoms with Crippen LogP contribution in [0, 0.1) is 29.5 Å². The Kier molecular flexibility index (Phi) is 5.44. The highest BCUT2D eigenvalue weighted by molar-refractivity contribution is 7.89. The zero-order chi connectivity index (χ0) is 20.1. The van der Waals surface area contributed by atoms with Gasteiger partial charge in [0.15, 0.2) is 0 Å². The van der Waals surface area contributed by atoms with Gasteiger partial charge in [0.1, 0.15) is 5.82 Å². The third kappa shape index (κ3) is 4.21. The molecule has 1 amide bonds. The van der Waals surface area contributed by atoms with Gasteiger partial charge in [-0.25, -0.2) is 17.5 Å². The fraction of sp³-hybridized carbons (Fsp3) is 0.650. The fourth-order valence-electron chi connectivity index (χ4n) is 5.54. The van der Waals surface area contributed by atoms with Crippen molar-refractivity contribution in [1.82, 2.24) is 4.72 Å². The van der Waals surface area contributed by atoms with Crippen LogP contribution in [0.2, 0.25) is 5.02 Å². The molecule has 3 bridgehead atoms. The Bertz CT molecular complexity index is 884. The number of nitrogens with one attached hydrogen (secondary N) is 1. The lowest BCUT2D eigenvalue weighted by atomic mass is 9.56. The minimum absolute atomic E-state index is 0.178. The molecular formula is C20H25ClFNO4S. The molecule has 0 aromatic heterocycles. The normalized spacial score (nSPS) is 31.6. The molecule has 4 rings (SSSR count). The van der Waals surface area contributed by atoms with E-state index in [1.807, 2.05) is 0 Å². The summed E-state index contributed by atoms with van der Waals surface area (Å²) in [7, 11) is -3.78. The Morgan fingerprint density at radius 3 is 2.71 bits per heavy atom. The van der Waals surface area contributed by atoms with E-state index in [1.54, 1.807) is 4.72 Å². The number of fused-ring (bicyclic) bond motifs is 2. The van der Waals surface area contributed by atoms with E-state index in [0.29, 0.717) is 11.5 Å². The maximum absolute atomic E-state index is 14.4. The molecule has 28 heavy (non-hydrogen) atoms. The van der Waals surface area contributed by atoms with Crippen LogP contribution in [0.15, 0.2) is 12.1 Å². The molecule has 3 aliphatic carbocycles. The first kappa shape index (κ1) is 20.1. The molecular weight excluding hydrogens is 405 g/mol. The molecule has 0 saturated heterocycles. The largest absolute Gasteiger partial charge is 0.373 e. The first-order valence-corrected chi connectivity index (χ1v) is 12.1. The van der Waals surface area contributed by atoms with Gasteiger partial charge in [0.2, 0.25) is 10.0 Å². The lowest BCUT2D eigenvalue weighted by Gasteiger charge is -2.51. The Labute approximate surface area is 170 Å². The van der Waals surface area contributed by atoms with Crippen molar-refractivity contribution in [3.8, 4) is 0 Å². The molecule has 1 N–H and O–H groups in total. The van der Waals surface area contributed by atoms with E-state index in [4.69, 9.17) is 16.3 Å². The van der Waals surface area contributed by atoms with Crippen LogP contribution < -0.4 is 4.72 Å². The van der Waals surface area contributed by atoms with Crippen LogP contribution >= 0.6 is 11.6 Å². The highest BCUT2D eigenvalue weighted by atomic mass is 35.5. The second-order valence-corrected chi connectivity index (χ2v) is 10.8. The molecule has 5 nitrogen and oxygen atoms in total. The molecule has 5 unspecified atom stereocenters. The third-order valence-corrected chi connectivity index (χ3v) is 7.52. The van der Waals surface area contributed by atoms with Crippen LogP contribution in [0.3, 0.4) is 0 Å². The SMILES string of the molecule is CS(=O)(=O)NC(=O)c1cc(Cl)c(COC2CC3CC4CCC2C(C4)C3)cc1F. The van der Waals surface area contributed by atoms with Gasteiger partial charge in [0.05, 0.1) is 24.5 Å². The van der Waals surface area contributed by atoms with Crippen molar-refractivity contribution in [2.24, 2.45) is 23.7 Å². The highest BCUT2D eigenvalue weighted by Crippen LogP contribution is 2.53. The van der Waals surface area contributed by atoms with Crippen LogP contribution in [-0.2, 0) is 21.4 Å². The van der Waals surface area contributed by atoms with Crippen molar-refractivity contribution in [2.45, 2.75) is 51.2 Å². The number of hydrogen-bond donors (Lipinski definition) is 1. The van der Waals surface area contributed by atoms with Gasteiger partial charge in [-0.1, -0.05) is 18.0 Å². The molecule has 0 aliphatic heterocycles. The number of carbonyl (C=O) groups excluding carboxylic acids is 1. The summed E-state index contributed by atoms with van der Waals surface area (Å²) in [5.41, 5.74) is 0.0733. The minimum atomic E-state index is -3.78. The van der Waals surface area contributed by atoms with Crippen molar-refractivity contribution in [2.75, 3.05) is 6.26 Å². The lowest BCUT2D eigenvalue weighted by molar-refractivity contribution is -0.102. The number of hydrogen-bond acceptors (Lipinski definition) is 4. The molecule has 1 aromatic rings. The van der Waals surface area contributed by atoms with Gasteiger partial charge in [-0.2, -0.15) is 0 Å². The number of amides is 1. The number of rotatable bonds is 5. The van der Waals surface area contributed by atoms with Crippen LogP contribution in [-0.4, -0.2) is 26.7 Å². The predicted molar refractivity (Wildman–Crippen MR) is 104 cm³/mol. The van der Waals surface area contributed by atoms with Crippen molar-refractivity contribution in [1.29, 1.82) is 0 Å². The van der Waals surface area contributed by atoms with E-state index in [2.05, 4.69) is 0 Å². The van der Waals surface area contributed by atoms with Crippen molar-refractivity contribution >= 4 is 27.5 Å². The second kappa shape index (κ2) is 7.58. The van der Waals surface area contributed by atoms with Crippen LogP contribution in [0.4, 0.5) is 4.39 Å². The smallest absolute Gasteiger partial charge is 0.267 e. The summed E-state index contributed by atoms with van der Waals surface area (Å²) in [6.07, 6.45) is 8.52. The van der Waals surface area contributed by atoms with E-state index in [-0.39, 0.29) is 17.7 Å². The van der Waals surface area contributed by atoms with Crippen molar-refractivity contribution in [3.05, 3.63) is 34.1 Å². The van der Waals surface area contributed by atoms with Gasteiger partial charge in [0, 0.05) is 5.02 Å². The highest BCUT2D eigenvalue weighted by Gasteiger charge is 2.46. The summed E-state index contributed by atoms with van der Waals surface area (Å²) in [6, 6.07) is 2.33. The number of ether oxygens (including phenoxy) is 1. The molecule has 0 heterocycles. The topological polar surface area (TPSA) is 72.5 Å². The summed E-state index contributed by atoms with van der Waals surface area (Å²) in [5, 5.41) is 0.194. The zero-order valence-corrected chi connectivity index (χ0v) is 17.4. The Morgan fingerprint density at radius 2 is 1.96 bits per heavy atom. The van der Waals surface area contributed by atoms with Crippen molar-refractivity contribution in [3.63, 3.8) is 0 Å². The quantitative estimate of drug-likeness (QED) is 0.770. The molecule has 0 spiro atoms. The Morgan fingerprint density at radius 1 is 1.21 bits per heavy atom. The first-order valence-electron chi connectivity index (χ1n) is 9.81. The summed E-state index contributed by atoms with van der Waals surface area (Å²) >= 11 is 6.23. The van der Waals surface area contributed by atoms with E-state index in [0.717, 1.165) is 36.5 Å². The van der Waals surface area contributed by atoms with Crippen LogP contribution in [0.5, 0.6) is 0 Å². The Balaban J connectivity index is 1.45. The molecule has 8 heteroatoms. The minimum Gasteiger partial charge on any atom is -0.373 e. The number of carbonyl (C=O) groups is 1. The van der Waals surface area contributed by atoms with Gasteiger partial charge in [-0.3, -0.25) is 4.79 Å². The van der Waals surface area contributed by atoms with Gasteiger partial charge < -0.3 is 4.74 Å². The average Bonchev–Trinajstić information content (AvgIpc) is 2.58. The summed E-state index contributed by atoms with van der Waals surface area (Å²) in [6.45, 7) is 0.188. The molecule has 154 valence electrons. The van der Waals surface area contributed by atoms with Crippen LogP contribution in [0.25, 0.3) is 0 Å². The summed E-state index contributed by atoms with van der Waals surface area (Å²) in [5.74, 6) is 1.12. The van der Waals surface area contributed by atoms with Gasteiger partial charge >= 0.3 is 0 Å². The monoisotopic (exact) mass is 429 g/mol. The van der Waals surface area contributed by atoms with Crippen LogP contribution in [0.1, 0.15) is 54.4 Å². The molecule has 5 atom stereocenters. The maximum atomic E-state index is 14.4. The van der Waals surface area contributed by atoms with Gasteiger partial charge in [-0.15, -0.1) is 0 Å². The number of benzene rings is 1. The maximum Gasteiger partial charge on any atom is 0.267 e. The average molecular weight is 430 g/mol. The first-order chi connectivity index (χ1) is 13.2. The Hall–Kier alpha value is -1.18. The zero-order valence-electron chi connectivity index (χ0n) is 15.8. The van der Waals surface area contributed by atoms with E-state index in [9.17, 15) is 17.6 Å². The number of sulfonamides is 1. The van der Waals surface area contributed by atoms with Gasteiger partial charge in [0.25, 0.3) is 5.91 Å². The van der Waals surface area contributed by atoms with E-state index >= 15 is 0 Å². The number of halogens is 2. The molecule has 3 saturated carbocycles. The van der Waals surface area contributed by atoms with E-state index < -0.39 is 27.3 Å². The summed E-state index contributed by atoms with van der Waals surface area (Å²) in [4.78, 5) is 11.9. The lowest BCUT2D eigenvalue weighted by Crippen LogP contribution is -2.45. The molecule has 3 fully saturated rings. The summed E-state index contributed by atoms with van der Waals surface area (Å²) < 4.78 is 44.7. The molecule has 3 aliphatic rings. The standard InChI is InChI=1S/C20H25ClFNO4S/c1-28(25,26)23-20(24)16-9-17(21)14(8-18(16)22)10-27-19-7-12-4-11-2-3-15(19)13(5-11)6-12/h8-9,11-13,15,19H,2-7,10H2,1H3,(H,23,24). The van der Waals surface area contributed by atoms with Gasteiger partial charge in [-0.05, 0) is 73.5 Å².